The summed E-state index contributed by atoms with van der Waals surface area (Å²) in [6.07, 6.45) is 0.412. The minimum atomic E-state index is -5.72. The molecular formula is C13H20N5O13P3. The molecule has 7 atom stereocenters. The van der Waals surface area contributed by atoms with Gasteiger partial charge in [0.25, 0.3) is 0 Å². The first-order valence-corrected chi connectivity index (χ1v) is 13.6. The van der Waals surface area contributed by atoms with Gasteiger partial charge in [-0.1, -0.05) is 0 Å². The third kappa shape index (κ3) is 6.05. The van der Waals surface area contributed by atoms with Gasteiger partial charge in [-0.05, 0) is 0 Å². The van der Waals surface area contributed by atoms with Gasteiger partial charge in [0.05, 0.1) is 13.0 Å². The summed E-state index contributed by atoms with van der Waals surface area (Å²) in [5.41, 5.74) is 5.02. The van der Waals surface area contributed by atoms with Crippen molar-refractivity contribution >= 4 is 41.4 Å². The average molecular weight is 547 g/mol. The minimum Gasteiger partial charge on any atom is -0.387 e. The molecule has 3 aliphatic heterocycles. The van der Waals surface area contributed by atoms with E-state index < -0.39 is 60.3 Å². The van der Waals surface area contributed by atoms with E-state index in [2.05, 4.69) is 34.0 Å². The van der Waals surface area contributed by atoms with Crippen LogP contribution >= 0.6 is 23.5 Å². The fourth-order valence-corrected chi connectivity index (χ4v) is 6.25. The number of amidine groups is 1. The van der Waals surface area contributed by atoms with Crippen molar-refractivity contribution < 1.29 is 61.4 Å². The minimum absolute atomic E-state index is 0.00537. The van der Waals surface area contributed by atoms with Crippen LogP contribution in [0.2, 0.25) is 0 Å². The smallest absolute Gasteiger partial charge is 0.387 e. The molecule has 34 heavy (non-hydrogen) atoms. The molecule has 0 aromatic heterocycles. The van der Waals surface area contributed by atoms with Crippen LogP contribution in [0.15, 0.2) is 15.0 Å². The highest BCUT2D eigenvalue weighted by Crippen LogP contribution is 2.66. The number of hydrogen-bond acceptors (Lipinski definition) is 14. The highest BCUT2D eigenvalue weighted by atomic mass is 31.3. The lowest BCUT2D eigenvalue weighted by molar-refractivity contribution is -0.0680. The largest absolute Gasteiger partial charge is 0.490 e. The van der Waals surface area contributed by atoms with Gasteiger partial charge in [-0.3, -0.25) is 9.52 Å². The number of aliphatic hydroxyl groups excluding tert-OH is 2. The second-order valence-corrected chi connectivity index (χ2v) is 11.5. The van der Waals surface area contributed by atoms with Crippen molar-refractivity contribution in [3.8, 4) is 12.3 Å². The van der Waals surface area contributed by atoms with Crippen molar-refractivity contribution in [2.45, 2.75) is 36.6 Å². The summed E-state index contributed by atoms with van der Waals surface area (Å²) in [5.74, 6) is 2.54. The van der Waals surface area contributed by atoms with Crippen molar-refractivity contribution in [2.24, 2.45) is 20.7 Å². The van der Waals surface area contributed by atoms with Crippen molar-refractivity contribution in [1.82, 2.24) is 4.90 Å². The third-order valence-electron chi connectivity index (χ3n) is 4.58. The van der Waals surface area contributed by atoms with E-state index in [4.69, 9.17) is 31.6 Å². The maximum absolute atomic E-state index is 11.9. The van der Waals surface area contributed by atoms with Gasteiger partial charge in [0.2, 0.25) is 0 Å². The number of rotatable bonds is 9. The molecule has 8 N–H and O–H groups in total. The Morgan fingerprint density at radius 1 is 1.21 bits per heavy atom. The molecular weight excluding hydrogens is 527 g/mol. The van der Waals surface area contributed by atoms with Crippen molar-refractivity contribution in [1.29, 1.82) is 0 Å². The number of nitrogens with zero attached hydrogens (tertiary/aromatic N) is 4. The van der Waals surface area contributed by atoms with E-state index in [0.717, 1.165) is 6.34 Å². The van der Waals surface area contributed by atoms with Gasteiger partial charge in [0.1, 0.15) is 37.0 Å². The van der Waals surface area contributed by atoms with Crippen LogP contribution in [0.3, 0.4) is 0 Å². The number of terminal acetylenes is 1. The molecule has 0 amide bonds. The Bertz CT molecular complexity index is 1100. The number of nitrogens with two attached hydrogens (primary N) is 1. The monoisotopic (exact) mass is 547 g/mol. The SMILES string of the molecule is C#CCC1(N)N=CN=C2C1=NCN2[C@@H]1O[C@H](COP(=O)(O)OP(=O)(O)OP(=O)(O)O)[C@@H](O)[C@H]1O. The lowest BCUT2D eigenvalue weighted by atomic mass is 9.99. The molecule has 3 rings (SSSR count). The molecule has 18 nitrogen and oxygen atoms in total. The zero-order chi connectivity index (χ0) is 25.5. The van der Waals surface area contributed by atoms with E-state index in [1.807, 2.05) is 0 Å². The zero-order valence-electron chi connectivity index (χ0n) is 16.8. The van der Waals surface area contributed by atoms with E-state index >= 15 is 0 Å². The fourth-order valence-electron chi connectivity index (χ4n) is 3.22. The van der Waals surface area contributed by atoms with Gasteiger partial charge in [0, 0.05) is 0 Å². The Labute approximate surface area is 191 Å². The molecule has 0 bridgehead atoms. The maximum atomic E-state index is 11.9. The van der Waals surface area contributed by atoms with Gasteiger partial charge in [0.15, 0.2) is 17.7 Å². The molecule has 190 valence electrons. The summed E-state index contributed by atoms with van der Waals surface area (Å²) in [6.45, 7) is -1.08. The standard InChI is InChI=1S/C13H20N5O13P3/c1-2-3-13(14)10-11(15-5-17-13)18(6-16-10)12-9(20)8(19)7(29-12)4-28-33(24,25)31-34(26,27)30-32(21,22)23/h1,5,7-9,12,19-20H,3-4,6,14H2,(H,24,25)(H,26,27)(H2,21,22,23)/t7-,8-,9-,12-,13?/m1/s1. The van der Waals surface area contributed by atoms with Crippen LogP contribution in [-0.2, 0) is 31.6 Å². The van der Waals surface area contributed by atoms with Crippen LogP contribution in [0.4, 0.5) is 0 Å². The third-order valence-corrected chi connectivity index (χ3v) is 8.38. The quantitative estimate of drug-likeness (QED) is 0.117. The second kappa shape index (κ2) is 9.58. The number of aliphatic hydroxyl groups is 2. The summed E-state index contributed by atoms with van der Waals surface area (Å²) >= 11 is 0. The fraction of sp³-hybridized carbons (Fsp3) is 0.615. The van der Waals surface area contributed by atoms with Crippen molar-refractivity contribution in [2.75, 3.05) is 13.3 Å². The molecule has 1 fully saturated rings. The van der Waals surface area contributed by atoms with Gasteiger partial charge < -0.3 is 45.2 Å². The number of phosphoric ester groups is 1. The van der Waals surface area contributed by atoms with E-state index in [-0.39, 0.29) is 24.6 Å². The molecule has 0 spiro atoms. The summed E-state index contributed by atoms with van der Waals surface area (Å²) in [7, 11) is -16.7. The predicted molar refractivity (Wildman–Crippen MR) is 111 cm³/mol. The molecule has 3 aliphatic rings. The van der Waals surface area contributed by atoms with Crippen LogP contribution < -0.4 is 5.73 Å². The molecule has 0 radical (unpaired) electrons. The van der Waals surface area contributed by atoms with Crippen molar-refractivity contribution in [3.63, 3.8) is 0 Å². The van der Waals surface area contributed by atoms with E-state index in [1.165, 1.54) is 4.90 Å². The molecule has 0 aliphatic carbocycles. The van der Waals surface area contributed by atoms with Gasteiger partial charge in [-0.15, -0.1) is 12.3 Å². The van der Waals surface area contributed by atoms with Crippen LogP contribution in [0.1, 0.15) is 6.42 Å². The molecule has 1 saturated heterocycles. The summed E-state index contributed by atoms with van der Waals surface area (Å²) < 4.78 is 51.1. The van der Waals surface area contributed by atoms with Gasteiger partial charge >= 0.3 is 23.5 Å². The summed E-state index contributed by atoms with van der Waals surface area (Å²) in [6, 6.07) is 0. The lowest BCUT2D eigenvalue weighted by Gasteiger charge is -2.31. The second-order valence-electron chi connectivity index (χ2n) is 7.05. The van der Waals surface area contributed by atoms with E-state index in [1.54, 1.807) is 0 Å². The first-order chi connectivity index (χ1) is 15.6. The average Bonchev–Trinajstić information content (AvgIpc) is 3.21. The van der Waals surface area contributed by atoms with E-state index in [9.17, 15) is 28.8 Å². The van der Waals surface area contributed by atoms with Gasteiger partial charge in [-0.2, -0.15) is 8.62 Å². The molecule has 0 aromatic carbocycles. The first kappa shape index (κ1) is 27.2. The lowest BCUT2D eigenvalue weighted by Crippen LogP contribution is -2.55. The Morgan fingerprint density at radius 2 is 1.88 bits per heavy atom. The number of ether oxygens (including phenoxy) is 1. The highest BCUT2D eigenvalue weighted by molar-refractivity contribution is 7.66. The predicted octanol–water partition coefficient (Wildman–Crippen LogP) is -2.39. The van der Waals surface area contributed by atoms with Crippen LogP contribution in [-0.4, -0.2) is 96.1 Å². The highest BCUT2D eigenvalue weighted by Gasteiger charge is 2.51. The number of hydrogen-bond donors (Lipinski definition) is 7. The van der Waals surface area contributed by atoms with E-state index in [0.29, 0.717) is 0 Å². The number of phosphoric acid groups is 3. The Hall–Kier alpha value is -1.38. The van der Waals surface area contributed by atoms with Crippen LogP contribution in [0.25, 0.3) is 0 Å². The number of fused-ring (bicyclic) bond motifs is 1. The van der Waals surface area contributed by atoms with Gasteiger partial charge in [-0.25, -0.2) is 23.7 Å². The summed E-state index contributed by atoms with van der Waals surface area (Å²) in [5, 5.41) is 20.7. The zero-order valence-corrected chi connectivity index (χ0v) is 19.5. The van der Waals surface area contributed by atoms with Crippen molar-refractivity contribution in [3.05, 3.63) is 0 Å². The Morgan fingerprint density at radius 3 is 2.50 bits per heavy atom. The summed E-state index contributed by atoms with van der Waals surface area (Å²) in [4.78, 5) is 49.4. The topological polar surface area (TPSA) is 276 Å². The molecule has 0 aromatic rings. The molecule has 3 unspecified atom stereocenters. The molecule has 3 heterocycles. The normalized spacial score (nSPS) is 34.6. The number of aliphatic imine (C=N–C) groups is 3. The van der Waals surface area contributed by atoms with Crippen LogP contribution in [0.5, 0.6) is 0 Å². The molecule has 21 heteroatoms. The Balaban J connectivity index is 1.65. The Kier molecular flexibility index (Phi) is 7.67. The van der Waals surface area contributed by atoms with Crippen LogP contribution in [0, 0.1) is 12.3 Å². The first-order valence-electron chi connectivity index (χ1n) is 9.03. The molecule has 0 saturated carbocycles. The maximum Gasteiger partial charge on any atom is 0.490 e.